The monoisotopic (exact) mass is 402 g/mol. The van der Waals surface area contributed by atoms with E-state index in [1.54, 1.807) is 0 Å². The van der Waals surface area contributed by atoms with Crippen LogP contribution in [-0.2, 0) is 6.42 Å². The van der Waals surface area contributed by atoms with Crippen LogP contribution in [0, 0.1) is 0 Å². The molecule has 0 radical (unpaired) electrons. The Morgan fingerprint density at radius 3 is 2.52 bits per heavy atom. The van der Waals surface area contributed by atoms with E-state index in [0.29, 0.717) is 12.2 Å². The van der Waals surface area contributed by atoms with Gasteiger partial charge in [-0.3, -0.25) is 4.79 Å². The molecule has 0 saturated carbocycles. The fourth-order valence-corrected chi connectivity index (χ4v) is 4.15. The van der Waals surface area contributed by atoms with Gasteiger partial charge in [0.15, 0.2) is 11.5 Å². The maximum absolute atomic E-state index is 12.9. The van der Waals surface area contributed by atoms with Gasteiger partial charge in [0.25, 0.3) is 0 Å². The van der Waals surface area contributed by atoms with Crippen LogP contribution >= 0.6 is 0 Å². The second-order valence-corrected chi connectivity index (χ2v) is 7.69. The van der Waals surface area contributed by atoms with E-state index in [1.165, 1.54) is 0 Å². The molecule has 0 amide bonds. The van der Waals surface area contributed by atoms with Crippen LogP contribution in [0.3, 0.4) is 0 Å². The second-order valence-electron chi connectivity index (χ2n) is 7.69. The zero-order valence-electron chi connectivity index (χ0n) is 16.7. The summed E-state index contributed by atoms with van der Waals surface area (Å²) in [5, 5.41) is 5.85. The van der Waals surface area contributed by atoms with Gasteiger partial charge in [-0.05, 0) is 35.9 Å². The number of carbonyl (C=O) groups excluding carboxylic acids is 1. The third-order valence-corrected chi connectivity index (χ3v) is 5.69. The second kappa shape index (κ2) is 6.96. The van der Waals surface area contributed by atoms with Crippen LogP contribution in [0.4, 0.5) is 0 Å². The quantitative estimate of drug-likeness (QED) is 0.342. The average Bonchev–Trinajstić information content (AvgIpc) is 3.50. The molecule has 0 atom stereocenters. The molecular weight excluding hydrogens is 384 g/mol. The number of hydrogen-bond acceptors (Lipinski definition) is 3. The third kappa shape index (κ3) is 3.01. The molecule has 31 heavy (non-hydrogen) atoms. The van der Waals surface area contributed by atoms with Crippen LogP contribution in [0.5, 0.6) is 0 Å². The summed E-state index contributed by atoms with van der Waals surface area (Å²) < 4.78 is 7.94. The molecule has 6 rings (SSSR count). The number of carbonyl (C=O) groups is 1. The van der Waals surface area contributed by atoms with Gasteiger partial charge in [-0.2, -0.15) is 5.10 Å². The molecule has 0 unspecified atom stereocenters. The summed E-state index contributed by atoms with van der Waals surface area (Å²) in [6, 6.07) is 27.6. The van der Waals surface area contributed by atoms with Crippen LogP contribution in [0.1, 0.15) is 21.5 Å². The highest BCUT2D eigenvalue weighted by Gasteiger charge is 2.25. The normalized spacial score (nSPS) is 14.5. The van der Waals surface area contributed by atoms with Crippen molar-refractivity contribution < 1.29 is 9.21 Å². The number of ketones is 1. The van der Waals surface area contributed by atoms with Gasteiger partial charge in [0, 0.05) is 34.7 Å². The SMILES string of the molecule is O=C1C(=Cc2cn(-c3ccccc3)nc2-c2cc3ccccc3o2)Cc2ccccc21. The van der Waals surface area contributed by atoms with Crippen LogP contribution < -0.4 is 0 Å². The summed E-state index contributed by atoms with van der Waals surface area (Å²) in [5.74, 6) is 0.768. The Labute approximate surface area is 179 Å². The zero-order chi connectivity index (χ0) is 20.8. The molecule has 0 N–H and O–H groups in total. The van der Waals surface area contributed by atoms with Gasteiger partial charge in [-0.15, -0.1) is 0 Å². The Bertz CT molecular complexity index is 1440. The molecule has 4 heteroatoms. The van der Waals surface area contributed by atoms with Crippen molar-refractivity contribution in [3.8, 4) is 17.1 Å². The van der Waals surface area contributed by atoms with Crippen molar-refractivity contribution in [1.82, 2.24) is 9.78 Å². The molecule has 0 bridgehead atoms. The van der Waals surface area contributed by atoms with Gasteiger partial charge < -0.3 is 4.42 Å². The minimum atomic E-state index is 0.0821. The molecule has 0 spiro atoms. The van der Waals surface area contributed by atoms with Gasteiger partial charge >= 0.3 is 0 Å². The molecule has 2 heterocycles. The maximum Gasteiger partial charge on any atom is 0.189 e. The molecule has 2 aromatic heterocycles. The van der Waals surface area contributed by atoms with Crippen LogP contribution in [0.2, 0.25) is 0 Å². The Morgan fingerprint density at radius 1 is 0.903 bits per heavy atom. The number of benzene rings is 3. The van der Waals surface area contributed by atoms with Crippen molar-refractivity contribution in [2.75, 3.05) is 0 Å². The van der Waals surface area contributed by atoms with Crippen molar-refractivity contribution in [3.63, 3.8) is 0 Å². The first-order chi connectivity index (χ1) is 15.3. The fraction of sp³-hybridized carbons (Fsp3) is 0.0370. The van der Waals surface area contributed by atoms with Gasteiger partial charge in [-0.25, -0.2) is 4.68 Å². The zero-order valence-corrected chi connectivity index (χ0v) is 16.7. The molecule has 4 nitrogen and oxygen atoms in total. The predicted molar refractivity (Wildman–Crippen MR) is 121 cm³/mol. The van der Waals surface area contributed by atoms with Crippen molar-refractivity contribution in [3.05, 3.63) is 113 Å². The van der Waals surface area contributed by atoms with Crippen molar-refractivity contribution in [2.24, 2.45) is 0 Å². The highest BCUT2D eigenvalue weighted by atomic mass is 16.3. The fourth-order valence-electron chi connectivity index (χ4n) is 4.15. The number of hydrogen-bond donors (Lipinski definition) is 0. The first-order valence-corrected chi connectivity index (χ1v) is 10.2. The minimum Gasteiger partial charge on any atom is -0.454 e. The lowest BCUT2D eigenvalue weighted by Gasteiger charge is -1.98. The van der Waals surface area contributed by atoms with Gasteiger partial charge in [0.1, 0.15) is 11.3 Å². The molecule has 0 saturated heterocycles. The maximum atomic E-state index is 12.9. The predicted octanol–water partition coefficient (Wildman–Crippen LogP) is 6.11. The number of para-hydroxylation sites is 2. The molecule has 0 aliphatic heterocycles. The van der Waals surface area contributed by atoms with E-state index < -0.39 is 0 Å². The van der Waals surface area contributed by atoms with Crippen LogP contribution in [-0.4, -0.2) is 15.6 Å². The lowest BCUT2D eigenvalue weighted by molar-refractivity contribution is 0.104. The molecule has 0 fully saturated rings. The number of fused-ring (bicyclic) bond motifs is 2. The molecular formula is C27H18N2O2. The lowest BCUT2D eigenvalue weighted by atomic mass is 10.1. The molecule has 148 valence electrons. The van der Waals surface area contributed by atoms with E-state index >= 15 is 0 Å². The van der Waals surface area contributed by atoms with E-state index in [1.807, 2.05) is 102 Å². The summed E-state index contributed by atoms with van der Waals surface area (Å²) in [6.45, 7) is 0. The smallest absolute Gasteiger partial charge is 0.189 e. The topological polar surface area (TPSA) is 48.0 Å². The molecule has 3 aromatic carbocycles. The van der Waals surface area contributed by atoms with Gasteiger partial charge in [-0.1, -0.05) is 60.7 Å². The summed E-state index contributed by atoms with van der Waals surface area (Å²) >= 11 is 0. The lowest BCUT2D eigenvalue weighted by Crippen LogP contribution is -1.95. The summed E-state index contributed by atoms with van der Waals surface area (Å²) in [5.41, 5.74) is 5.97. The first kappa shape index (κ1) is 17.7. The molecule has 1 aliphatic rings. The average molecular weight is 402 g/mol. The third-order valence-electron chi connectivity index (χ3n) is 5.69. The Balaban J connectivity index is 1.51. The number of nitrogens with zero attached hydrogens (tertiary/aromatic N) is 2. The van der Waals surface area contributed by atoms with E-state index in [2.05, 4.69) is 0 Å². The van der Waals surface area contributed by atoms with Crippen LogP contribution in [0.15, 0.2) is 101 Å². The highest BCUT2D eigenvalue weighted by molar-refractivity contribution is 6.15. The van der Waals surface area contributed by atoms with Crippen molar-refractivity contribution in [2.45, 2.75) is 6.42 Å². The Morgan fingerprint density at radius 2 is 1.68 bits per heavy atom. The summed E-state index contributed by atoms with van der Waals surface area (Å²) in [7, 11) is 0. The van der Waals surface area contributed by atoms with Gasteiger partial charge in [0.2, 0.25) is 0 Å². The number of furan rings is 1. The molecule has 1 aliphatic carbocycles. The Kier molecular flexibility index (Phi) is 3.96. The van der Waals surface area contributed by atoms with E-state index in [9.17, 15) is 4.79 Å². The number of allylic oxidation sites excluding steroid dienone is 1. The minimum absolute atomic E-state index is 0.0821. The standard InChI is InChI=1S/C27H18N2O2/c30-27-20(14-18-8-4-6-12-23(18)27)15-21-17-29(22-10-2-1-3-11-22)28-26(21)25-16-19-9-5-7-13-24(19)31-25/h1-13,15-17H,14H2. The van der Waals surface area contributed by atoms with Crippen molar-refractivity contribution >= 4 is 22.8 Å². The summed E-state index contributed by atoms with van der Waals surface area (Å²) in [4.78, 5) is 12.9. The molecule has 5 aromatic rings. The van der Waals surface area contributed by atoms with Gasteiger partial charge in [0.05, 0.1) is 5.69 Å². The van der Waals surface area contributed by atoms with Crippen LogP contribution in [0.25, 0.3) is 34.2 Å². The Hall–Kier alpha value is -4.18. The largest absolute Gasteiger partial charge is 0.454 e. The number of aromatic nitrogens is 2. The number of Topliss-reactive ketones (excluding diaryl/α,β-unsaturated/α-hetero) is 1. The van der Waals surface area contributed by atoms with E-state index in [0.717, 1.165) is 44.6 Å². The van der Waals surface area contributed by atoms with E-state index in [-0.39, 0.29) is 5.78 Å². The van der Waals surface area contributed by atoms with E-state index in [4.69, 9.17) is 9.52 Å². The first-order valence-electron chi connectivity index (χ1n) is 10.2. The number of rotatable bonds is 3. The highest BCUT2D eigenvalue weighted by Crippen LogP contribution is 2.33. The summed E-state index contributed by atoms with van der Waals surface area (Å²) in [6.07, 6.45) is 4.55. The van der Waals surface area contributed by atoms with Crippen molar-refractivity contribution in [1.29, 1.82) is 0 Å².